The van der Waals surface area contributed by atoms with Crippen LogP contribution in [0.4, 0.5) is 5.69 Å². The zero-order valence-electron chi connectivity index (χ0n) is 9.02. The van der Waals surface area contributed by atoms with Crippen molar-refractivity contribution in [1.82, 2.24) is 4.98 Å². The van der Waals surface area contributed by atoms with E-state index in [4.69, 9.17) is 10.3 Å². The first-order chi connectivity index (χ1) is 8.38. The molecule has 0 fully saturated rings. The molecule has 0 aliphatic carbocycles. The molecule has 0 saturated carbocycles. The number of rotatable bonds is 4. The third-order valence-electron chi connectivity index (χ3n) is 2.13. The van der Waals surface area contributed by atoms with Gasteiger partial charge in [0.1, 0.15) is 12.4 Å². The second-order valence-corrected chi connectivity index (χ2v) is 3.33. The van der Waals surface area contributed by atoms with E-state index >= 15 is 0 Å². The van der Waals surface area contributed by atoms with Crippen LogP contribution >= 0.6 is 0 Å². The Hall–Kier alpha value is -2.52. The molecule has 2 aromatic rings. The van der Waals surface area contributed by atoms with Crippen molar-refractivity contribution in [2.75, 3.05) is 0 Å². The van der Waals surface area contributed by atoms with Crippen molar-refractivity contribution in [3.63, 3.8) is 0 Å². The summed E-state index contributed by atoms with van der Waals surface area (Å²) in [6, 6.07) is 10.8. The minimum absolute atomic E-state index is 0.467. The van der Waals surface area contributed by atoms with E-state index < -0.39 is 0 Å². The largest absolute Gasteiger partial charge is 0.489 e. The molecule has 0 amide bonds. The lowest BCUT2D eigenvalue weighted by molar-refractivity contribution is 0.306. The Morgan fingerprint density at radius 1 is 1.24 bits per heavy atom. The van der Waals surface area contributed by atoms with E-state index in [2.05, 4.69) is 15.0 Å². The maximum absolute atomic E-state index is 8.26. The normalized spacial score (nSPS) is 9.41. The van der Waals surface area contributed by atoms with Crippen LogP contribution in [0.5, 0.6) is 5.75 Å². The molecule has 2 rings (SSSR count). The van der Waals surface area contributed by atoms with Crippen LogP contribution in [-0.2, 0) is 6.61 Å². The summed E-state index contributed by atoms with van der Waals surface area (Å²) in [6.07, 6.45) is 3.48. The molecule has 1 heterocycles. The molecule has 0 atom stereocenters. The monoisotopic (exact) mass is 226 g/mol. The van der Waals surface area contributed by atoms with Crippen LogP contribution < -0.4 is 4.74 Å². The standard InChI is InChI=1S/C12H10N4O/c13-16-15-11-3-5-12(6-4-11)17-9-10-2-1-7-14-8-10/h1-8H,9H2. The highest BCUT2D eigenvalue weighted by molar-refractivity contribution is 5.40. The van der Waals surface area contributed by atoms with Crippen LogP contribution in [0, 0.1) is 0 Å². The number of hydrogen-bond acceptors (Lipinski definition) is 3. The molecule has 0 radical (unpaired) electrons. The lowest BCUT2D eigenvalue weighted by atomic mass is 10.3. The number of aromatic nitrogens is 1. The fraction of sp³-hybridized carbons (Fsp3) is 0.0833. The Kier molecular flexibility index (Phi) is 3.57. The number of nitrogens with zero attached hydrogens (tertiary/aromatic N) is 4. The fourth-order valence-electron chi connectivity index (χ4n) is 1.31. The Morgan fingerprint density at radius 3 is 2.71 bits per heavy atom. The van der Waals surface area contributed by atoms with Crippen molar-refractivity contribution >= 4 is 5.69 Å². The van der Waals surface area contributed by atoms with Gasteiger partial charge in [-0.05, 0) is 35.9 Å². The van der Waals surface area contributed by atoms with E-state index in [9.17, 15) is 0 Å². The molecule has 0 bridgehead atoms. The van der Waals surface area contributed by atoms with Gasteiger partial charge in [-0.3, -0.25) is 4.98 Å². The number of benzene rings is 1. The highest BCUT2D eigenvalue weighted by Gasteiger charge is 1.95. The van der Waals surface area contributed by atoms with Gasteiger partial charge in [0.25, 0.3) is 0 Å². The molecule has 0 N–H and O–H groups in total. The van der Waals surface area contributed by atoms with Crippen LogP contribution in [0.3, 0.4) is 0 Å². The van der Waals surface area contributed by atoms with Crippen molar-refractivity contribution in [3.8, 4) is 5.75 Å². The zero-order valence-corrected chi connectivity index (χ0v) is 9.02. The summed E-state index contributed by atoms with van der Waals surface area (Å²) >= 11 is 0. The molecular weight excluding hydrogens is 216 g/mol. The third-order valence-corrected chi connectivity index (χ3v) is 2.13. The highest BCUT2D eigenvalue weighted by atomic mass is 16.5. The van der Waals surface area contributed by atoms with Gasteiger partial charge in [-0.1, -0.05) is 11.2 Å². The van der Waals surface area contributed by atoms with Gasteiger partial charge in [-0.15, -0.1) is 0 Å². The lowest BCUT2D eigenvalue weighted by Gasteiger charge is -2.05. The molecule has 17 heavy (non-hydrogen) atoms. The summed E-state index contributed by atoms with van der Waals surface area (Å²) in [5.41, 5.74) is 9.84. The first-order valence-electron chi connectivity index (χ1n) is 5.05. The fourth-order valence-corrected chi connectivity index (χ4v) is 1.31. The number of ether oxygens (including phenoxy) is 1. The first-order valence-corrected chi connectivity index (χ1v) is 5.05. The SMILES string of the molecule is [N-]=[N+]=Nc1ccc(OCc2cccnc2)cc1. The van der Waals surface area contributed by atoms with Crippen LogP contribution in [0.2, 0.25) is 0 Å². The van der Waals surface area contributed by atoms with Crippen molar-refractivity contribution in [3.05, 3.63) is 64.8 Å². The van der Waals surface area contributed by atoms with Gasteiger partial charge < -0.3 is 4.74 Å². The van der Waals surface area contributed by atoms with Gasteiger partial charge in [0.05, 0.1) is 0 Å². The van der Waals surface area contributed by atoms with Crippen LogP contribution in [-0.4, -0.2) is 4.98 Å². The molecule has 0 aliphatic rings. The van der Waals surface area contributed by atoms with Crippen molar-refractivity contribution in [2.45, 2.75) is 6.61 Å². The first kappa shape index (κ1) is 11.0. The smallest absolute Gasteiger partial charge is 0.119 e. The molecule has 0 unspecified atom stereocenters. The Balaban J connectivity index is 1.98. The molecule has 0 aliphatic heterocycles. The minimum atomic E-state index is 0.467. The van der Waals surface area contributed by atoms with E-state index in [1.54, 1.807) is 36.7 Å². The zero-order chi connectivity index (χ0) is 11.9. The summed E-state index contributed by atoms with van der Waals surface area (Å²) in [4.78, 5) is 6.71. The molecule has 0 spiro atoms. The molecule has 1 aromatic carbocycles. The summed E-state index contributed by atoms with van der Waals surface area (Å²) < 4.78 is 5.55. The third kappa shape index (κ3) is 3.22. The van der Waals surface area contributed by atoms with Crippen molar-refractivity contribution < 1.29 is 4.74 Å². The van der Waals surface area contributed by atoms with Gasteiger partial charge >= 0.3 is 0 Å². The second-order valence-electron chi connectivity index (χ2n) is 3.33. The van der Waals surface area contributed by atoms with Crippen molar-refractivity contribution in [2.24, 2.45) is 5.11 Å². The summed E-state index contributed by atoms with van der Waals surface area (Å²) in [5.74, 6) is 0.728. The molecule has 1 aromatic heterocycles. The van der Waals surface area contributed by atoms with Crippen LogP contribution in [0.25, 0.3) is 10.4 Å². The average Bonchev–Trinajstić information content (AvgIpc) is 2.40. The molecule has 84 valence electrons. The van der Waals surface area contributed by atoms with Crippen LogP contribution in [0.15, 0.2) is 53.9 Å². The predicted octanol–water partition coefficient (Wildman–Crippen LogP) is 3.60. The average molecular weight is 226 g/mol. The molecule has 5 nitrogen and oxygen atoms in total. The molecule has 0 saturated heterocycles. The number of azide groups is 1. The number of hydrogen-bond donors (Lipinski definition) is 0. The summed E-state index contributed by atoms with van der Waals surface area (Å²) in [7, 11) is 0. The lowest BCUT2D eigenvalue weighted by Crippen LogP contribution is -1.95. The van der Waals surface area contributed by atoms with Crippen LogP contribution in [0.1, 0.15) is 5.56 Å². The quantitative estimate of drug-likeness (QED) is 0.454. The van der Waals surface area contributed by atoms with E-state index in [0.29, 0.717) is 12.3 Å². The second kappa shape index (κ2) is 5.53. The minimum Gasteiger partial charge on any atom is -0.489 e. The van der Waals surface area contributed by atoms with Gasteiger partial charge in [-0.2, -0.15) is 0 Å². The predicted molar refractivity (Wildman–Crippen MR) is 63.8 cm³/mol. The van der Waals surface area contributed by atoms with E-state index in [0.717, 1.165) is 11.3 Å². The number of pyridine rings is 1. The van der Waals surface area contributed by atoms with E-state index in [1.807, 2.05) is 12.1 Å². The summed E-state index contributed by atoms with van der Waals surface area (Å²) in [5, 5.41) is 3.48. The van der Waals surface area contributed by atoms with Gasteiger partial charge in [-0.25, -0.2) is 0 Å². The van der Waals surface area contributed by atoms with Gasteiger partial charge in [0.2, 0.25) is 0 Å². The Labute approximate surface area is 98.3 Å². The van der Waals surface area contributed by atoms with Gasteiger partial charge in [0, 0.05) is 28.6 Å². The van der Waals surface area contributed by atoms with E-state index in [1.165, 1.54) is 0 Å². The maximum Gasteiger partial charge on any atom is 0.119 e. The Morgan fingerprint density at radius 2 is 2.06 bits per heavy atom. The molecule has 5 heteroatoms. The molecular formula is C12H10N4O. The Bertz CT molecular complexity index is 518. The highest BCUT2D eigenvalue weighted by Crippen LogP contribution is 2.18. The topological polar surface area (TPSA) is 70.9 Å². The van der Waals surface area contributed by atoms with E-state index in [-0.39, 0.29) is 0 Å². The van der Waals surface area contributed by atoms with Crippen molar-refractivity contribution in [1.29, 1.82) is 0 Å². The van der Waals surface area contributed by atoms with Gasteiger partial charge in [0.15, 0.2) is 0 Å². The summed E-state index contributed by atoms with van der Waals surface area (Å²) in [6.45, 7) is 0.467. The maximum atomic E-state index is 8.26.